The summed E-state index contributed by atoms with van der Waals surface area (Å²) in [5.74, 6) is 1.70. The number of hydrogen-bond donors (Lipinski definition) is 2. The van der Waals surface area contributed by atoms with Crippen LogP contribution in [0.25, 0.3) is 0 Å². The zero-order valence-corrected chi connectivity index (χ0v) is 11.2. The van der Waals surface area contributed by atoms with E-state index in [-0.39, 0.29) is 11.9 Å². The molecule has 0 aromatic rings. The lowest BCUT2D eigenvalue weighted by atomic mass is 10.1. The Labute approximate surface area is 102 Å². The van der Waals surface area contributed by atoms with Crippen molar-refractivity contribution in [3.63, 3.8) is 0 Å². The van der Waals surface area contributed by atoms with E-state index < -0.39 is 0 Å². The lowest BCUT2D eigenvalue weighted by Crippen LogP contribution is -2.45. The van der Waals surface area contributed by atoms with Crippen LogP contribution in [0.4, 0.5) is 0 Å². The van der Waals surface area contributed by atoms with Crippen LogP contribution in [0, 0.1) is 5.92 Å². The normalized spacial score (nSPS) is 26.9. The van der Waals surface area contributed by atoms with Crippen molar-refractivity contribution in [1.82, 2.24) is 10.6 Å². The van der Waals surface area contributed by atoms with Crippen LogP contribution < -0.4 is 10.6 Å². The highest BCUT2D eigenvalue weighted by molar-refractivity contribution is 8.13. The maximum absolute atomic E-state index is 11.5. The molecule has 0 radical (unpaired) electrons. The van der Waals surface area contributed by atoms with Crippen LogP contribution in [0.15, 0.2) is 4.99 Å². The highest BCUT2D eigenvalue weighted by atomic mass is 32.2. The molecule has 92 valence electrons. The van der Waals surface area contributed by atoms with E-state index in [9.17, 15) is 4.79 Å². The summed E-state index contributed by atoms with van der Waals surface area (Å²) >= 11 is 1.70. The van der Waals surface area contributed by atoms with Gasteiger partial charge in [-0.25, -0.2) is 0 Å². The van der Waals surface area contributed by atoms with Crippen molar-refractivity contribution < 1.29 is 4.79 Å². The second-order valence-corrected chi connectivity index (χ2v) is 5.23. The summed E-state index contributed by atoms with van der Waals surface area (Å²) in [6, 6.07) is 0.122. The van der Waals surface area contributed by atoms with Gasteiger partial charge in [0.25, 0.3) is 0 Å². The summed E-state index contributed by atoms with van der Waals surface area (Å²) in [6.07, 6.45) is 0. The molecule has 1 amide bonds. The first-order chi connectivity index (χ1) is 7.54. The van der Waals surface area contributed by atoms with Gasteiger partial charge in [0.15, 0.2) is 5.17 Å². The van der Waals surface area contributed by atoms with Crippen molar-refractivity contribution in [2.45, 2.75) is 39.8 Å². The Kier molecular flexibility index (Phi) is 5.12. The number of carbonyl (C=O) groups is 1. The van der Waals surface area contributed by atoms with E-state index in [1.807, 2.05) is 13.8 Å². The second-order valence-electron chi connectivity index (χ2n) is 4.22. The molecular formula is C11H21N3OS. The Morgan fingerprint density at radius 3 is 2.88 bits per heavy atom. The fourth-order valence-corrected chi connectivity index (χ4v) is 2.56. The predicted molar refractivity (Wildman–Crippen MR) is 69.8 cm³/mol. The van der Waals surface area contributed by atoms with Crippen molar-refractivity contribution >= 4 is 22.8 Å². The van der Waals surface area contributed by atoms with E-state index in [1.54, 1.807) is 11.8 Å². The smallest absolute Gasteiger partial charge is 0.242 e. The zero-order valence-electron chi connectivity index (χ0n) is 10.4. The third kappa shape index (κ3) is 3.70. The van der Waals surface area contributed by atoms with Crippen LogP contribution in [0.1, 0.15) is 27.7 Å². The Morgan fingerprint density at radius 1 is 1.62 bits per heavy atom. The molecule has 1 rings (SSSR count). The summed E-state index contributed by atoms with van der Waals surface area (Å²) in [5.41, 5.74) is 0. The standard InChI is InChI=1S/C11H21N3OS/c1-5-12-10(15)9(4)14-11-13-8(3)7(2)6-16-11/h7-9H,5-6H2,1-4H3,(H,12,15)(H,13,14). The second kappa shape index (κ2) is 6.13. The number of amidine groups is 1. The molecule has 0 aromatic heterocycles. The fourth-order valence-electron chi connectivity index (χ4n) is 1.36. The molecule has 3 atom stereocenters. The number of aliphatic imine (C=N–C) groups is 1. The van der Waals surface area contributed by atoms with Gasteiger partial charge in [-0.2, -0.15) is 0 Å². The zero-order chi connectivity index (χ0) is 12.1. The van der Waals surface area contributed by atoms with Crippen LogP contribution in [0.2, 0.25) is 0 Å². The molecule has 0 saturated heterocycles. The van der Waals surface area contributed by atoms with Crippen molar-refractivity contribution in [1.29, 1.82) is 0 Å². The molecule has 0 saturated carbocycles. The lowest BCUT2D eigenvalue weighted by molar-refractivity contribution is -0.122. The number of rotatable bonds is 3. The predicted octanol–water partition coefficient (Wildman–Crippen LogP) is 1.23. The molecule has 0 fully saturated rings. The number of thioether (sulfide) groups is 1. The fraction of sp³-hybridized carbons (Fsp3) is 0.818. The first-order valence-electron chi connectivity index (χ1n) is 5.79. The first-order valence-corrected chi connectivity index (χ1v) is 6.78. The number of carbonyl (C=O) groups excluding carboxylic acids is 1. The molecule has 16 heavy (non-hydrogen) atoms. The third-order valence-electron chi connectivity index (χ3n) is 2.71. The molecule has 1 aliphatic rings. The lowest BCUT2D eigenvalue weighted by Gasteiger charge is -2.25. The van der Waals surface area contributed by atoms with Crippen LogP contribution >= 0.6 is 11.8 Å². The minimum Gasteiger partial charge on any atom is -0.355 e. The third-order valence-corrected chi connectivity index (χ3v) is 3.90. The van der Waals surface area contributed by atoms with E-state index in [4.69, 9.17) is 0 Å². The van der Waals surface area contributed by atoms with Gasteiger partial charge in [-0.15, -0.1) is 0 Å². The Hall–Kier alpha value is -0.710. The van der Waals surface area contributed by atoms with Crippen molar-refractivity contribution in [2.24, 2.45) is 10.9 Å². The van der Waals surface area contributed by atoms with Crippen LogP contribution in [-0.2, 0) is 4.79 Å². The highest BCUT2D eigenvalue weighted by Gasteiger charge is 2.21. The SMILES string of the molecule is CCNC(=O)C(C)NC1=NC(C)C(C)CS1. The maximum Gasteiger partial charge on any atom is 0.242 e. The highest BCUT2D eigenvalue weighted by Crippen LogP contribution is 2.21. The van der Waals surface area contributed by atoms with Gasteiger partial charge < -0.3 is 10.6 Å². The first kappa shape index (κ1) is 13.4. The molecule has 3 unspecified atom stereocenters. The number of nitrogens with zero attached hydrogens (tertiary/aromatic N) is 1. The molecule has 2 N–H and O–H groups in total. The summed E-state index contributed by atoms with van der Waals surface area (Å²) < 4.78 is 0. The van der Waals surface area contributed by atoms with Crippen LogP contribution in [0.3, 0.4) is 0 Å². The Bertz CT molecular complexity index is 280. The number of amides is 1. The Balaban J connectivity index is 2.48. The van der Waals surface area contributed by atoms with E-state index in [1.165, 1.54) is 0 Å². The van der Waals surface area contributed by atoms with Gasteiger partial charge in [0, 0.05) is 12.3 Å². The summed E-state index contributed by atoms with van der Waals surface area (Å²) in [4.78, 5) is 16.1. The van der Waals surface area contributed by atoms with E-state index in [0.717, 1.165) is 10.9 Å². The van der Waals surface area contributed by atoms with Crippen molar-refractivity contribution in [2.75, 3.05) is 12.3 Å². The molecule has 0 spiro atoms. The number of nitrogens with one attached hydrogen (secondary N) is 2. The quantitative estimate of drug-likeness (QED) is 0.784. The molecule has 1 aliphatic heterocycles. The number of hydrogen-bond acceptors (Lipinski definition) is 4. The van der Waals surface area contributed by atoms with Gasteiger partial charge >= 0.3 is 0 Å². The summed E-state index contributed by atoms with van der Waals surface area (Å²) in [6.45, 7) is 8.75. The largest absolute Gasteiger partial charge is 0.355 e. The molecule has 0 bridgehead atoms. The van der Waals surface area contributed by atoms with Gasteiger partial charge in [-0.05, 0) is 26.7 Å². The molecule has 0 aromatic carbocycles. The summed E-state index contributed by atoms with van der Waals surface area (Å²) in [5, 5.41) is 6.84. The van der Waals surface area contributed by atoms with Gasteiger partial charge in [0.2, 0.25) is 5.91 Å². The van der Waals surface area contributed by atoms with Crippen LogP contribution in [-0.4, -0.2) is 35.5 Å². The average molecular weight is 243 g/mol. The van der Waals surface area contributed by atoms with Crippen molar-refractivity contribution in [3.8, 4) is 0 Å². The Morgan fingerprint density at radius 2 is 2.31 bits per heavy atom. The van der Waals surface area contributed by atoms with Gasteiger partial charge in [-0.1, -0.05) is 18.7 Å². The molecule has 5 heteroatoms. The molecule has 0 aliphatic carbocycles. The monoisotopic (exact) mass is 243 g/mol. The van der Waals surface area contributed by atoms with E-state index in [0.29, 0.717) is 18.5 Å². The maximum atomic E-state index is 11.5. The average Bonchev–Trinajstić information content (AvgIpc) is 2.24. The molecule has 1 heterocycles. The van der Waals surface area contributed by atoms with Gasteiger partial charge in [0.05, 0.1) is 6.04 Å². The van der Waals surface area contributed by atoms with E-state index >= 15 is 0 Å². The van der Waals surface area contributed by atoms with Gasteiger partial charge in [-0.3, -0.25) is 9.79 Å². The minimum absolute atomic E-state index is 0.0251. The topological polar surface area (TPSA) is 53.5 Å². The van der Waals surface area contributed by atoms with Crippen molar-refractivity contribution in [3.05, 3.63) is 0 Å². The molecule has 4 nitrogen and oxygen atoms in total. The minimum atomic E-state index is -0.216. The van der Waals surface area contributed by atoms with Crippen LogP contribution in [0.5, 0.6) is 0 Å². The molecular weight excluding hydrogens is 222 g/mol. The number of likely N-dealkylation sites (N-methyl/N-ethyl adjacent to an activating group) is 1. The summed E-state index contributed by atoms with van der Waals surface area (Å²) in [7, 11) is 0. The van der Waals surface area contributed by atoms with Gasteiger partial charge in [0.1, 0.15) is 6.04 Å². The van der Waals surface area contributed by atoms with E-state index in [2.05, 4.69) is 29.5 Å².